The van der Waals surface area contributed by atoms with E-state index >= 15 is 0 Å². The van der Waals surface area contributed by atoms with Gasteiger partial charge in [0, 0.05) is 11.4 Å². The van der Waals surface area contributed by atoms with Crippen molar-refractivity contribution in [3.8, 4) is 6.07 Å². The van der Waals surface area contributed by atoms with E-state index in [0.717, 1.165) is 6.07 Å². The Morgan fingerprint density at radius 1 is 1.00 bits per heavy atom. The minimum absolute atomic E-state index is 0.204. The maximum Gasteiger partial charge on any atom is 0.419 e. The Bertz CT molecular complexity index is 764. The number of amides is 2. The standard InChI is InChI=1S/C15H9F4N3O/c16-13-6-5-11(7-12(13)15(17,18)19)22-14(23)21-10-3-1-9(8-20)2-4-10/h1-7H,(H2,21,22,23). The highest BCUT2D eigenvalue weighted by Gasteiger charge is 2.34. The molecular formula is C15H9F4N3O. The van der Waals surface area contributed by atoms with E-state index in [0.29, 0.717) is 23.4 Å². The smallest absolute Gasteiger partial charge is 0.308 e. The molecule has 0 aromatic heterocycles. The van der Waals surface area contributed by atoms with Crippen LogP contribution in [0.3, 0.4) is 0 Å². The molecular weight excluding hydrogens is 314 g/mol. The van der Waals surface area contributed by atoms with Crippen molar-refractivity contribution < 1.29 is 22.4 Å². The van der Waals surface area contributed by atoms with Crippen LogP contribution in [0, 0.1) is 17.1 Å². The number of carbonyl (C=O) groups is 1. The second kappa shape index (κ2) is 6.36. The lowest BCUT2D eigenvalue weighted by Gasteiger charge is -2.11. The molecule has 118 valence electrons. The Kier molecular flexibility index (Phi) is 4.50. The van der Waals surface area contributed by atoms with E-state index in [2.05, 4.69) is 10.6 Å². The first kappa shape index (κ1) is 16.3. The summed E-state index contributed by atoms with van der Waals surface area (Å²) < 4.78 is 50.9. The first-order chi connectivity index (χ1) is 10.8. The molecule has 0 aliphatic rings. The normalized spacial score (nSPS) is 10.7. The summed E-state index contributed by atoms with van der Waals surface area (Å²) in [6.45, 7) is 0. The molecule has 2 aromatic carbocycles. The van der Waals surface area contributed by atoms with Crippen molar-refractivity contribution in [3.63, 3.8) is 0 Å². The second-order valence-electron chi connectivity index (χ2n) is 4.46. The lowest BCUT2D eigenvalue weighted by atomic mass is 10.2. The van der Waals surface area contributed by atoms with Crippen molar-refractivity contribution >= 4 is 17.4 Å². The Balaban J connectivity index is 2.09. The monoisotopic (exact) mass is 323 g/mol. The van der Waals surface area contributed by atoms with E-state index in [1.807, 2.05) is 6.07 Å². The lowest BCUT2D eigenvalue weighted by Crippen LogP contribution is -2.20. The fraction of sp³-hybridized carbons (Fsp3) is 0.0667. The van der Waals surface area contributed by atoms with E-state index in [9.17, 15) is 22.4 Å². The molecule has 0 aliphatic heterocycles. The van der Waals surface area contributed by atoms with E-state index in [1.54, 1.807) is 0 Å². The van der Waals surface area contributed by atoms with Crippen LogP contribution in [-0.2, 0) is 6.18 Å². The summed E-state index contributed by atoms with van der Waals surface area (Å²) in [4.78, 5) is 11.7. The molecule has 0 saturated heterocycles. The van der Waals surface area contributed by atoms with Crippen molar-refractivity contribution in [2.45, 2.75) is 6.18 Å². The summed E-state index contributed by atoms with van der Waals surface area (Å²) in [7, 11) is 0. The Hall–Kier alpha value is -3.08. The molecule has 2 N–H and O–H groups in total. The second-order valence-corrected chi connectivity index (χ2v) is 4.46. The van der Waals surface area contributed by atoms with Gasteiger partial charge in [0.15, 0.2) is 0 Å². The van der Waals surface area contributed by atoms with Crippen molar-refractivity contribution in [2.24, 2.45) is 0 Å². The minimum atomic E-state index is -4.86. The van der Waals surface area contributed by atoms with Gasteiger partial charge in [0.1, 0.15) is 5.82 Å². The number of nitrogens with one attached hydrogen (secondary N) is 2. The molecule has 0 heterocycles. The van der Waals surface area contributed by atoms with Crippen molar-refractivity contribution in [3.05, 3.63) is 59.4 Å². The summed E-state index contributed by atoms with van der Waals surface area (Å²) in [6.07, 6.45) is -4.86. The van der Waals surface area contributed by atoms with Gasteiger partial charge >= 0.3 is 12.2 Å². The average Bonchev–Trinajstić information content (AvgIpc) is 2.49. The van der Waals surface area contributed by atoms with Crippen molar-refractivity contribution in [2.75, 3.05) is 10.6 Å². The SMILES string of the molecule is N#Cc1ccc(NC(=O)Nc2ccc(F)c(C(F)(F)F)c2)cc1. The third-order valence-corrected chi connectivity index (χ3v) is 2.80. The maximum absolute atomic E-state index is 13.1. The molecule has 0 saturated carbocycles. The zero-order chi connectivity index (χ0) is 17.0. The van der Waals surface area contributed by atoms with Crippen LogP contribution in [0.25, 0.3) is 0 Å². The average molecular weight is 323 g/mol. The van der Waals surface area contributed by atoms with Gasteiger partial charge in [-0.05, 0) is 42.5 Å². The number of carbonyl (C=O) groups excluding carboxylic acids is 1. The molecule has 2 aromatic rings. The molecule has 4 nitrogen and oxygen atoms in total. The van der Waals surface area contributed by atoms with Gasteiger partial charge in [-0.3, -0.25) is 0 Å². The van der Waals surface area contributed by atoms with E-state index < -0.39 is 23.6 Å². The van der Waals surface area contributed by atoms with Gasteiger partial charge in [-0.25, -0.2) is 9.18 Å². The zero-order valence-electron chi connectivity index (χ0n) is 11.4. The molecule has 2 amide bonds. The largest absolute Gasteiger partial charge is 0.419 e. The summed E-state index contributed by atoms with van der Waals surface area (Å²) in [5.41, 5.74) is -0.928. The predicted octanol–water partition coefficient (Wildman–Crippen LogP) is 4.36. The Morgan fingerprint density at radius 3 is 2.13 bits per heavy atom. The summed E-state index contributed by atoms with van der Waals surface area (Å²) in [6, 6.07) is 9.11. The van der Waals surface area contributed by atoms with Crippen molar-refractivity contribution in [1.82, 2.24) is 0 Å². The van der Waals surface area contributed by atoms with E-state index in [-0.39, 0.29) is 5.69 Å². The molecule has 23 heavy (non-hydrogen) atoms. The summed E-state index contributed by atoms with van der Waals surface area (Å²) in [5.74, 6) is -1.42. The number of nitriles is 1. The highest BCUT2D eigenvalue weighted by atomic mass is 19.4. The molecule has 0 bridgehead atoms. The van der Waals surface area contributed by atoms with E-state index in [4.69, 9.17) is 5.26 Å². The highest BCUT2D eigenvalue weighted by Crippen LogP contribution is 2.33. The molecule has 0 unspecified atom stereocenters. The fourth-order valence-electron chi connectivity index (χ4n) is 1.74. The minimum Gasteiger partial charge on any atom is -0.308 e. The summed E-state index contributed by atoms with van der Waals surface area (Å²) >= 11 is 0. The van der Waals surface area contributed by atoms with Gasteiger partial charge in [0.2, 0.25) is 0 Å². The molecule has 0 spiro atoms. The predicted molar refractivity (Wildman–Crippen MR) is 75.2 cm³/mol. The molecule has 0 atom stereocenters. The van der Waals surface area contributed by atoms with Crippen LogP contribution in [0.5, 0.6) is 0 Å². The third-order valence-electron chi connectivity index (χ3n) is 2.80. The quantitative estimate of drug-likeness (QED) is 0.807. The van der Waals surface area contributed by atoms with E-state index in [1.165, 1.54) is 24.3 Å². The number of nitrogens with zero attached hydrogens (tertiary/aromatic N) is 1. The number of anilines is 2. The zero-order valence-corrected chi connectivity index (χ0v) is 11.4. The molecule has 0 radical (unpaired) electrons. The van der Waals surface area contributed by atoms with Gasteiger partial charge in [-0.1, -0.05) is 0 Å². The first-order valence-electron chi connectivity index (χ1n) is 6.24. The number of rotatable bonds is 2. The van der Waals surface area contributed by atoms with Gasteiger partial charge in [0.25, 0.3) is 0 Å². The Morgan fingerprint density at radius 2 is 1.57 bits per heavy atom. The maximum atomic E-state index is 13.1. The third kappa shape index (κ3) is 4.20. The number of urea groups is 1. The topological polar surface area (TPSA) is 64.9 Å². The molecule has 8 heteroatoms. The number of hydrogen-bond acceptors (Lipinski definition) is 2. The molecule has 0 fully saturated rings. The van der Waals surface area contributed by atoms with Crippen LogP contribution < -0.4 is 10.6 Å². The van der Waals surface area contributed by atoms with Crippen LogP contribution in [0.4, 0.5) is 33.7 Å². The van der Waals surface area contributed by atoms with Crippen molar-refractivity contribution in [1.29, 1.82) is 5.26 Å². The fourth-order valence-corrected chi connectivity index (χ4v) is 1.74. The number of benzene rings is 2. The first-order valence-corrected chi connectivity index (χ1v) is 6.24. The number of hydrogen-bond donors (Lipinski definition) is 2. The van der Waals surface area contributed by atoms with Gasteiger partial charge in [-0.2, -0.15) is 18.4 Å². The van der Waals surface area contributed by atoms with Gasteiger partial charge < -0.3 is 10.6 Å². The number of halogens is 4. The molecule has 2 rings (SSSR count). The van der Waals surface area contributed by atoms with Gasteiger partial charge in [0.05, 0.1) is 17.2 Å². The van der Waals surface area contributed by atoms with Crippen LogP contribution in [0.2, 0.25) is 0 Å². The number of alkyl halides is 3. The van der Waals surface area contributed by atoms with Crippen LogP contribution in [0.1, 0.15) is 11.1 Å². The summed E-state index contributed by atoms with van der Waals surface area (Å²) in [5, 5.41) is 13.2. The van der Waals surface area contributed by atoms with Crippen LogP contribution in [0.15, 0.2) is 42.5 Å². The van der Waals surface area contributed by atoms with Crippen LogP contribution in [-0.4, -0.2) is 6.03 Å². The Labute approximate surface area is 128 Å². The van der Waals surface area contributed by atoms with Gasteiger partial charge in [-0.15, -0.1) is 0 Å². The highest BCUT2D eigenvalue weighted by molar-refractivity contribution is 5.99. The van der Waals surface area contributed by atoms with Crippen LogP contribution >= 0.6 is 0 Å². The lowest BCUT2D eigenvalue weighted by molar-refractivity contribution is -0.139. The molecule has 0 aliphatic carbocycles.